The Hall–Kier alpha value is -1.21. The lowest BCUT2D eigenvalue weighted by molar-refractivity contribution is -0.298. The molecule has 1 aliphatic heterocycles. The molecule has 4 atom stereocenters. The fourth-order valence-electron chi connectivity index (χ4n) is 3.57. The SMILES string of the molecule is CC1(C)OC[C@H]2C[C@@H](n3ccc4c(Cl)ncnc43)[C@H](O)[C@@H]2O1. The third-order valence-corrected chi connectivity index (χ3v) is 4.92. The number of aliphatic hydroxyl groups excluding tert-OH is 1. The van der Waals surface area contributed by atoms with E-state index in [1.807, 2.05) is 30.7 Å². The van der Waals surface area contributed by atoms with Gasteiger partial charge >= 0.3 is 0 Å². The molecule has 2 aliphatic rings. The predicted molar refractivity (Wildman–Crippen MR) is 80.6 cm³/mol. The Balaban J connectivity index is 1.70. The number of rotatable bonds is 1. The second kappa shape index (κ2) is 4.89. The number of hydrogen-bond donors (Lipinski definition) is 1. The molecule has 2 aromatic heterocycles. The van der Waals surface area contributed by atoms with E-state index in [9.17, 15) is 5.11 Å². The fraction of sp³-hybridized carbons (Fsp3) is 0.600. The van der Waals surface area contributed by atoms with E-state index in [0.29, 0.717) is 11.8 Å². The average Bonchev–Trinajstić information content (AvgIpc) is 3.01. The van der Waals surface area contributed by atoms with Crippen LogP contribution in [0.2, 0.25) is 5.15 Å². The van der Waals surface area contributed by atoms with Gasteiger partial charge in [0.15, 0.2) is 5.79 Å². The molecule has 0 aromatic carbocycles. The van der Waals surface area contributed by atoms with Gasteiger partial charge in [0, 0.05) is 12.1 Å². The molecule has 1 aliphatic carbocycles. The molecular weight excluding hydrogens is 306 g/mol. The molecule has 6 nitrogen and oxygen atoms in total. The van der Waals surface area contributed by atoms with Gasteiger partial charge in [-0.15, -0.1) is 0 Å². The second-order valence-electron chi connectivity index (χ2n) is 6.47. The molecule has 0 spiro atoms. The summed E-state index contributed by atoms with van der Waals surface area (Å²) in [4.78, 5) is 8.30. The molecule has 1 saturated heterocycles. The van der Waals surface area contributed by atoms with E-state index < -0.39 is 11.9 Å². The van der Waals surface area contributed by atoms with Crippen molar-refractivity contribution >= 4 is 22.6 Å². The van der Waals surface area contributed by atoms with Crippen molar-refractivity contribution in [1.29, 1.82) is 0 Å². The zero-order chi connectivity index (χ0) is 15.5. The highest BCUT2D eigenvalue weighted by atomic mass is 35.5. The van der Waals surface area contributed by atoms with E-state index in [-0.39, 0.29) is 18.1 Å². The zero-order valence-corrected chi connectivity index (χ0v) is 13.2. The van der Waals surface area contributed by atoms with Crippen LogP contribution in [0.3, 0.4) is 0 Å². The van der Waals surface area contributed by atoms with Crippen molar-refractivity contribution in [2.75, 3.05) is 6.61 Å². The second-order valence-corrected chi connectivity index (χ2v) is 6.83. The Morgan fingerprint density at radius 1 is 1.41 bits per heavy atom. The third-order valence-electron chi connectivity index (χ3n) is 4.62. The minimum absolute atomic E-state index is 0.101. The van der Waals surface area contributed by atoms with Crippen LogP contribution in [0.1, 0.15) is 26.3 Å². The van der Waals surface area contributed by atoms with Crippen molar-refractivity contribution in [3.8, 4) is 0 Å². The summed E-state index contributed by atoms with van der Waals surface area (Å²) in [5, 5.41) is 12.0. The van der Waals surface area contributed by atoms with E-state index in [4.69, 9.17) is 21.1 Å². The maximum Gasteiger partial charge on any atom is 0.163 e. The lowest BCUT2D eigenvalue weighted by atomic mass is 10.0. The van der Waals surface area contributed by atoms with Crippen molar-refractivity contribution in [2.45, 2.75) is 44.3 Å². The monoisotopic (exact) mass is 323 g/mol. The minimum Gasteiger partial charge on any atom is -0.388 e. The maximum atomic E-state index is 10.7. The molecule has 1 N–H and O–H groups in total. The number of aliphatic hydroxyl groups is 1. The number of fused-ring (bicyclic) bond motifs is 2. The van der Waals surface area contributed by atoms with Gasteiger partial charge in [0.25, 0.3) is 0 Å². The van der Waals surface area contributed by atoms with E-state index in [2.05, 4.69) is 9.97 Å². The number of hydrogen-bond acceptors (Lipinski definition) is 5. The van der Waals surface area contributed by atoms with Gasteiger partial charge in [-0.25, -0.2) is 9.97 Å². The summed E-state index contributed by atoms with van der Waals surface area (Å²) in [5.41, 5.74) is 0.739. The van der Waals surface area contributed by atoms with Crippen LogP contribution in [0.25, 0.3) is 11.0 Å². The molecular formula is C15H18ClN3O3. The van der Waals surface area contributed by atoms with Crippen LogP contribution < -0.4 is 0 Å². The number of ether oxygens (including phenoxy) is 2. The zero-order valence-electron chi connectivity index (χ0n) is 12.4. The lowest BCUT2D eigenvalue weighted by Gasteiger charge is -2.39. The van der Waals surface area contributed by atoms with Crippen LogP contribution in [0, 0.1) is 5.92 Å². The first-order valence-corrected chi connectivity index (χ1v) is 7.81. The Morgan fingerprint density at radius 3 is 3.05 bits per heavy atom. The standard InChI is InChI=1S/C15H18ClN3O3/c1-15(2)21-6-8-5-10(11(20)12(8)22-15)19-4-3-9-13(16)17-7-18-14(9)19/h3-4,7-8,10-12,20H,5-6H2,1-2H3/t8-,10-,11+,12-/m1/s1. The summed E-state index contributed by atoms with van der Waals surface area (Å²) in [7, 11) is 0. The van der Waals surface area contributed by atoms with Gasteiger partial charge in [-0.05, 0) is 26.3 Å². The summed E-state index contributed by atoms with van der Waals surface area (Å²) in [5.74, 6) is -0.468. The molecule has 2 aromatic rings. The van der Waals surface area contributed by atoms with Gasteiger partial charge in [0.05, 0.1) is 24.1 Å². The highest BCUT2D eigenvalue weighted by Gasteiger charge is 2.49. The van der Waals surface area contributed by atoms with Crippen molar-refractivity contribution in [3.63, 3.8) is 0 Å². The molecule has 4 rings (SSSR count). The number of aromatic nitrogens is 3. The van der Waals surface area contributed by atoms with E-state index >= 15 is 0 Å². The Morgan fingerprint density at radius 2 is 2.23 bits per heavy atom. The minimum atomic E-state index is -0.652. The van der Waals surface area contributed by atoms with Gasteiger partial charge < -0.3 is 19.1 Å². The Bertz CT molecular complexity index is 717. The van der Waals surface area contributed by atoms with E-state index in [1.165, 1.54) is 6.33 Å². The first kappa shape index (κ1) is 14.4. The van der Waals surface area contributed by atoms with Crippen molar-refractivity contribution in [2.24, 2.45) is 5.92 Å². The van der Waals surface area contributed by atoms with E-state index in [0.717, 1.165) is 17.5 Å². The van der Waals surface area contributed by atoms with Gasteiger partial charge in [0.1, 0.15) is 23.2 Å². The Kier molecular flexibility index (Phi) is 3.20. The molecule has 0 unspecified atom stereocenters. The summed E-state index contributed by atoms with van der Waals surface area (Å²) in [6.07, 6.45) is 3.31. The molecule has 0 amide bonds. The number of nitrogens with zero attached hydrogens (tertiary/aromatic N) is 3. The van der Waals surface area contributed by atoms with Crippen molar-refractivity contribution in [3.05, 3.63) is 23.7 Å². The molecule has 0 radical (unpaired) electrons. The Labute approximate surface area is 133 Å². The molecule has 0 bridgehead atoms. The van der Waals surface area contributed by atoms with Crippen LogP contribution in [-0.4, -0.2) is 44.2 Å². The largest absolute Gasteiger partial charge is 0.388 e. The van der Waals surface area contributed by atoms with Gasteiger partial charge in [-0.2, -0.15) is 0 Å². The third kappa shape index (κ3) is 2.13. The molecule has 118 valence electrons. The lowest BCUT2D eigenvalue weighted by Crippen LogP contribution is -2.47. The molecule has 1 saturated carbocycles. The van der Waals surface area contributed by atoms with E-state index in [1.54, 1.807) is 0 Å². The van der Waals surface area contributed by atoms with Gasteiger partial charge in [0.2, 0.25) is 0 Å². The van der Waals surface area contributed by atoms with Crippen molar-refractivity contribution < 1.29 is 14.6 Å². The first-order chi connectivity index (χ1) is 10.5. The summed E-state index contributed by atoms with van der Waals surface area (Å²) in [6, 6.07) is 1.78. The average molecular weight is 324 g/mol. The molecule has 22 heavy (non-hydrogen) atoms. The fourth-order valence-corrected chi connectivity index (χ4v) is 3.76. The molecule has 3 heterocycles. The number of halogens is 1. The van der Waals surface area contributed by atoms with Crippen LogP contribution in [0.5, 0.6) is 0 Å². The summed E-state index contributed by atoms with van der Waals surface area (Å²) in [6.45, 7) is 4.35. The van der Waals surface area contributed by atoms with Gasteiger partial charge in [-0.3, -0.25) is 0 Å². The topological polar surface area (TPSA) is 69.4 Å². The predicted octanol–water partition coefficient (Wildman–Crippen LogP) is 2.16. The van der Waals surface area contributed by atoms with Crippen LogP contribution >= 0.6 is 11.6 Å². The van der Waals surface area contributed by atoms with Crippen LogP contribution in [-0.2, 0) is 9.47 Å². The smallest absolute Gasteiger partial charge is 0.163 e. The first-order valence-electron chi connectivity index (χ1n) is 7.43. The van der Waals surface area contributed by atoms with Crippen LogP contribution in [0.15, 0.2) is 18.6 Å². The van der Waals surface area contributed by atoms with Gasteiger partial charge in [-0.1, -0.05) is 11.6 Å². The highest BCUT2D eigenvalue weighted by Crippen LogP contribution is 2.43. The van der Waals surface area contributed by atoms with Crippen LogP contribution in [0.4, 0.5) is 0 Å². The molecule has 7 heteroatoms. The summed E-state index contributed by atoms with van der Waals surface area (Å²) >= 11 is 6.10. The summed E-state index contributed by atoms with van der Waals surface area (Å²) < 4.78 is 13.6. The quantitative estimate of drug-likeness (QED) is 0.814. The molecule has 2 fully saturated rings. The highest BCUT2D eigenvalue weighted by molar-refractivity contribution is 6.33. The maximum absolute atomic E-state index is 10.7. The van der Waals surface area contributed by atoms with Crippen molar-refractivity contribution in [1.82, 2.24) is 14.5 Å². The normalized spacial score (nSPS) is 34.0.